The lowest BCUT2D eigenvalue weighted by atomic mass is 10.1. The molecule has 0 saturated heterocycles. The molecule has 0 spiro atoms. The van der Waals surface area contributed by atoms with E-state index in [1.807, 2.05) is 0 Å². The number of methoxy groups -OCH3 is 1. The third kappa shape index (κ3) is 4.64. The largest absolute Gasteiger partial charge is 0.469 e. The Morgan fingerprint density at radius 3 is 2.50 bits per heavy atom. The first-order valence-electron chi connectivity index (χ1n) is 6.15. The van der Waals surface area contributed by atoms with Crippen molar-refractivity contribution in [2.75, 3.05) is 20.2 Å². The van der Waals surface area contributed by atoms with Crippen molar-refractivity contribution in [3.05, 3.63) is 22.6 Å². The van der Waals surface area contributed by atoms with E-state index in [2.05, 4.69) is 20.7 Å². The second kappa shape index (κ2) is 7.44. The van der Waals surface area contributed by atoms with E-state index in [0.717, 1.165) is 0 Å². The van der Waals surface area contributed by atoms with Gasteiger partial charge in [-0.05, 0) is 35.0 Å². The van der Waals surface area contributed by atoms with Crippen LogP contribution in [0.4, 0.5) is 0 Å². The molecule has 2 unspecified atom stereocenters. The molecule has 1 N–H and O–H groups in total. The summed E-state index contributed by atoms with van der Waals surface area (Å²) in [5.74, 6) is -1.13. The molecule has 20 heavy (non-hydrogen) atoms. The number of amides is 1. The summed E-state index contributed by atoms with van der Waals surface area (Å²) in [4.78, 5) is 25.1. The number of carbonyl (C=O) groups excluding carboxylic acids is 2. The molecule has 6 nitrogen and oxygen atoms in total. The van der Waals surface area contributed by atoms with Crippen LogP contribution in [-0.2, 0) is 9.53 Å². The second-order valence-corrected chi connectivity index (χ2v) is 5.37. The summed E-state index contributed by atoms with van der Waals surface area (Å²) < 4.78 is 10.3. The predicted octanol–water partition coefficient (Wildman–Crippen LogP) is 1.67. The fraction of sp³-hybridized carbons (Fsp3) is 0.538. The Bertz CT molecular complexity index is 471. The average molecular weight is 348 g/mol. The molecule has 0 saturated carbocycles. The fourth-order valence-electron chi connectivity index (χ4n) is 1.75. The van der Waals surface area contributed by atoms with Crippen molar-refractivity contribution in [1.82, 2.24) is 4.90 Å². The van der Waals surface area contributed by atoms with Crippen molar-refractivity contribution >= 4 is 27.8 Å². The Balaban J connectivity index is 2.83. The van der Waals surface area contributed by atoms with Crippen LogP contribution in [0.1, 0.15) is 24.4 Å². The number of carbonyl (C=O) groups is 2. The number of halogens is 1. The van der Waals surface area contributed by atoms with E-state index in [9.17, 15) is 14.7 Å². The van der Waals surface area contributed by atoms with Crippen molar-refractivity contribution in [3.8, 4) is 0 Å². The molecule has 0 aliphatic carbocycles. The summed E-state index contributed by atoms with van der Waals surface area (Å²) in [5, 5.41) is 9.48. The Morgan fingerprint density at radius 1 is 1.40 bits per heavy atom. The van der Waals surface area contributed by atoms with E-state index in [-0.39, 0.29) is 24.8 Å². The van der Waals surface area contributed by atoms with Gasteiger partial charge in [-0.1, -0.05) is 6.92 Å². The summed E-state index contributed by atoms with van der Waals surface area (Å²) in [6.07, 6.45) is -0.706. The van der Waals surface area contributed by atoms with E-state index in [0.29, 0.717) is 4.67 Å². The zero-order valence-electron chi connectivity index (χ0n) is 11.6. The number of aliphatic hydroxyl groups is 1. The van der Waals surface area contributed by atoms with Crippen LogP contribution >= 0.6 is 15.9 Å². The summed E-state index contributed by atoms with van der Waals surface area (Å²) in [6, 6.07) is 3.14. The Kier molecular flexibility index (Phi) is 6.22. The number of aliphatic hydroxyl groups excluding tert-OH is 1. The van der Waals surface area contributed by atoms with Gasteiger partial charge in [-0.2, -0.15) is 0 Å². The van der Waals surface area contributed by atoms with Gasteiger partial charge in [-0.25, -0.2) is 0 Å². The molecule has 1 rings (SSSR count). The minimum absolute atomic E-state index is 0.110. The number of rotatable bonds is 6. The molecular weight excluding hydrogens is 330 g/mol. The Morgan fingerprint density at radius 2 is 2.05 bits per heavy atom. The zero-order chi connectivity index (χ0) is 15.3. The van der Waals surface area contributed by atoms with Gasteiger partial charge in [0.1, 0.15) is 0 Å². The first kappa shape index (κ1) is 16.7. The van der Waals surface area contributed by atoms with Gasteiger partial charge in [0.05, 0.1) is 19.1 Å². The van der Waals surface area contributed by atoms with Gasteiger partial charge in [0.15, 0.2) is 10.4 Å². The molecule has 112 valence electrons. The standard InChI is InChI=1S/C13H18BrNO5/c1-8(13(18)19-3)6-15(7-9(2)16)12(17)10-4-5-11(14)20-10/h4-5,8-9,16H,6-7H2,1-3H3. The number of hydrogen-bond donors (Lipinski definition) is 1. The molecule has 2 atom stereocenters. The minimum Gasteiger partial charge on any atom is -0.469 e. The number of esters is 1. The SMILES string of the molecule is COC(=O)C(C)CN(CC(C)O)C(=O)c1ccc(Br)o1. The smallest absolute Gasteiger partial charge is 0.310 e. The van der Waals surface area contributed by atoms with E-state index in [1.165, 1.54) is 18.1 Å². The maximum atomic E-state index is 12.3. The molecule has 0 aliphatic heterocycles. The molecule has 1 aromatic rings. The molecule has 0 aromatic carbocycles. The van der Waals surface area contributed by atoms with Crippen molar-refractivity contribution < 1.29 is 23.8 Å². The average Bonchev–Trinajstić information content (AvgIpc) is 2.82. The van der Waals surface area contributed by atoms with Crippen LogP contribution in [0.2, 0.25) is 0 Å². The predicted molar refractivity (Wildman–Crippen MR) is 75.2 cm³/mol. The van der Waals surface area contributed by atoms with Crippen LogP contribution in [0.5, 0.6) is 0 Å². The summed E-state index contributed by atoms with van der Waals surface area (Å²) in [7, 11) is 1.29. The Labute approximate surface area is 125 Å². The molecule has 0 fully saturated rings. The summed E-state index contributed by atoms with van der Waals surface area (Å²) in [6.45, 7) is 3.49. The highest BCUT2D eigenvalue weighted by atomic mass is 79.9. The fourth-order valence-corrected chi connectivity index (χ4v) is 2.06. The van der Waals surface area contributed by atoms with E-state index >= 15 is 0 Å². The quantitative estimate of drug-likeness (QED) is 0.791. The lowest BCUT2D eigenvalue weighted by Gasteiger charge is -2.25. The second-order valence-electron chi connectivity index (χ2n) is 4.59. The van der Waals surface area contributed by atoms with Crippen LogP contribution in [0, 0.1) is 5.92 Å². The number of furan rings is 1. The van der Waals surface area contributed by atoms with Gasteiger partial charge in [0.25, 0.3) is 5.91 Å². The van der Waals surface area contributed by atoms with Gasteiger partial charge in [-0.15, -0.1) is 0 Å². The molecular formula is C13H18BrNO5. The highest BCUT2D eigenvalue weighted by Gasteiger charge is 2.25. The van der Waals surface area contributed by atoms with Crippen molar-refractivity contribution in [2.24, 2.45) is 5.92 Å². The number of nitrogens with zero attached hydrogens (tertiary/aromatic N) is 1. The lowest BCUT2D eigenvalue weighted by molar-refractivity contribution is -0.145. The van der Waals surface area contributed by atoms with Gasteiger partial charge in [0.2, 0.25) is 0 Å². The molecule has 1 heterocycles. The topological polar surface area (TPSA) is 80.0 Å². The van der Waals surface area contributed by atoms with Gasteiger partial charge in [-0.3, -0.25) is 9.59 Å². The maximum absolute atomic E-state index is 12.3. The first-order chi connectivity index (χ1) is 9.35. The van der Waals surface area contributed by atoms with Gasteiger partial charge < -0.3 is 19.2 Å². The van der Waals surface area contributed by atoms with E-state index < -0.39 is 18.0 Å². The molecule has 0 aliphatic rings. The maximum Gasteiger partial charge on any atom is 0.310 e. The van der Waals surface area contributed by atoms with Crippen molar-refractivity contribution in [2.45, 2.75) is 20.0 Å². The third-order valence-corrected chi connectivity index (χ3v) is 3.08. The van der Waals surface area contributed by atoms with Crippen LogP contribution in [0.15, 0.2) is 21.2 Å². The molecule has 7 heteroatoms. The lowest BCUT2D eigenvalue weighted by Crippen LogP contribution is -2.41. The van der Waals surface area contributed by atoms with Crippen LogP contribution < -0.4 is 0 Å². The molecule has 1 amide bonds. The normalized spacial score (nSPS) is 13.7. The summed E-state index contributed by atoms with van der Waals surface area (Å²) in [5.41, 5.74) is 0. The van der Waals surface area contributed by atoms with Crippen molar-refractivity contribution in [1.29, 1.82) is 0 Å². The van der Waals surface area contributed by atoms with Crippen molar-refractivity contribution in [3.63, 3.8) is 0 Å². The molecule has 0 bridgehead atoms. The Hall–Kier alpha value is -1.34. The van der Waals surface area contributed by atoms with E-state index in [1.54, 1.807) is 19.9 Å². The minimum atomic E-state index is -0.706. The highest BCUT2D eigenvalue weighted by Crippen LogP contribution is 2.17. The van der Waals surface area contributed by atoms with Crippen LogP contribution in [0.25, 0.3) is 0 Å². The molecule has 0 radical (unpaired) electrons. The van der Waals surface area contributed by atoms with Crippen LogP contribution in [-0.4, -0.2) is 48.2 Å². The monoisotopic (exact) mass is 347 g/mol. The number of ether oxygens (including phenoxy) is 1. The van der Waals surface area contributed by atoms with Crippen LogP contribution in [0.3, 0.4) is 0 Å². The van der Waals surface area contributed by atoms with E-state index in [4.69, 9.17) is 4.42 Å². The number of hydrogen-bond acceptors (Lipinski definition) is 5. The highest BCUT2D eigenvalue weighted by molar-refractivity contribution is 9.10. The van der Waals surface area contributed by atoms with Gasteiger partial charge in [0, 0.05) is 13.1 Å². The summed E-state index contributed by atoms with van der Waals surface area (Å²) >= 11 is 3.12. The first-order valence-corrected chi connectivity index (χ1v) is 6.95. The third-order valence-electron chi connectivity index (χ3n) is 2.65. The zero-order valence-corrected chi connectivity index (χ0v) is 13.2. The molecule has 1 aromatic heterocycles. The van der Waals surface area contributed by atoms with Gasteiger partial charge >= 0.3 is 5.97 Å².